The molecule has 88 valence electrons. The molecule has 1 fully saturated rings. The van der Waals surface area contributed by atoms with Gasteiger partial charge in [0.25, 0.3) is 0 Å². The molecule has 0 saturated heterocycles. The van der Waals surface area contributed by atoms with Crippen LogP contribution in [0.5, 0.6) is 0 Å². The van der Waals surface area contributed by atoms with Crippen molar-refractivity contribution in [3.05, 3.63) is 15.8 Å². The molecular weight excluding hydrogens is 208 g/mol. The zero-order valence-corrected chi connectivity index (χ0v) is 9.78. The van der Waals surface area contributed by atoms with Crippen LogP contribution < -0.4 is 5.32 Å². The van der Waals surface area contributed by atoms with Crippen LogP contribution in [0.2, 0.25) is 0 Å². The number of nitrogens with one attached hydrogen (secondary N) is 1. The second-order valence-corrected chi connectivity index (χ2v) is 4.83. The van der Waals surface area contributed by atoms with Crippen molar-refractivity contribution < 1.29 is 4.92 Å². The molecule has 0 spiro atoms. The molecule has 1 aliphatic carbocycles. The summed E-state index contributed by atoms with van der Waals surface area (Å²) in [5, 5.41) is 18.1. The molecule has 0 unspecified atom stereocenters. The summed E-state index contributed by atoms with van der Waals surface area (Å²) >= 11 is 0. The van der Waals surface area contributed by atoms with Gasteiger partial charge < -0.3 is 5.32 Å². The van der Waals surface area contributed by atoms with Crippen molar-refractivity contribution in [2.75, 3.05) is 11.9 Å². The van der Waals surface area contributed by atoms with Gasteiger partial charge in [-0.05, 0) is 25.2 Å². The van der Waals surface area contributed by atoms with Crippen molar-refractivity contribution in [3.8, 4) is 0 Å². The average molecular weight is 224 g/mol. The molecule has 1 aromatic rings. The molecule has 1 heterocycles. The van der Waals surface area contributed by atoms with Gasteiger partial charge in [-0.25, -0.2) is 4.68 Å². The number of aryl methyl sites for hydroxylation is 2. The van der Waals surface area contributed by atoms with E-state index in [0.717, 1.165) is 6.54 Å². The molecule has 2 rings (SSSR count). The summed E-state index contributed by atoms with van der Waals surface area (Å²) in [6, 6.07) is 0. The molecule has 0 radical (unpaired) electrons. The SMILES string of the molecule is Cc1nn(C)c(NCC2(C)CC2)c1[N+](=O)[O-]. The number of nitro groups is 1. The lowest BCUT2D eigenvalue weighted by Gasteiger charge is -2.10. The zero-order valence-electron chi connectivity index (χ0n) is 9.78. The van der Waals surface area contributed by atoms with Gasteiger partial charge >= 0.3 is 5.69 Å². The smallest absolute Gasteiger partial charge is 0.333 e. The molecule has 1 N–H and O–H groups in total. The lowest BCUT2D eigenvalue weighted by molar-refractivity contribution is -0.384. The molecular formula is C10H16N4O2. The van der Waals surface area contributed by atoms with E-state index in [-0.39, 0.29) is 10.6 Å². The van der Waals surface area contributed by atoms with Crippen LogP contribution in [-0.4, -0.2) is 21.2 Å². The predicted molar refractivity (Wildman–Crippen MR) is 60.4 cm³/mol. The number of anilines is 1. The third-order valence-corrected chi connectivity index (χ3v) is 3.16. The Labute approximate surface area is 93.8 Å². The molecule has 1 saturated carbocycles. The zero-order chi connectivity index (χ0) is 11.9. The second-order valence-electron chi connectivity index (χ2n) is 4.83. The van der Waals surface area contributed by atoms with E-state index in [1.807, 2.05) is 0 Å². The minimum atomic E-state index is -0.375. The summed E-state index contributed by atoms with van der Waals surface area (Å²) in [5.74, 6) is 0.510. The molecule has 0 aromatic carbocycles. The van der Waals surface area contributed by atoms with Crippen LogP contribution in [0.1, 0.15) is 25.5 Å². The summed E-state index contributed by atoms with van der Waals surface area (Å²) in [4.78, 5) is 10.5. The highest BCUT2D eigenvalue weighted by Gasteiger charge is 2.38. The number of rotatable bonds is 4. The third-order valence-electron chi connectivity index (χ3n) is 3.16. The minimum absolute atomic E-state index is 0.0896. The second kappa shape index (κ2) is 3.47. The maximum Gasteiger partial charge on any atom is 0.333 e. The molecule has 0 aliphatic heterocycles. The number of hydrogen-bond donors (Lipinski definition) is 1. The summed E-state index contributed by atoms with van der Waals surface area (Å²) in [5.41, 5.74) is 0.856. The van der Waals surface area contributed by atoms with E-state index in [1.165, 1.54) is 12.8 Å². The Morgan fingerprint density at radius 1 is 1.62 bits per heavy atom. The molecule has 0 amide bonds. The third kappa shape index (κ3) is 1.87. The highest BCUT2D eigenvalue weighted by molar-refractivity contribution is 5.59. The first-order valence-electron chi connectivity index (χ1n) is 5.35. The highest BCUT2D eigenvalue weighted by Crippen LogP contribution is 2.45. The molecule has 16 heavy (non-hydrogen) atoms. The van der Waals surface area contributed by atoms with Crippen molar-refractivity contribution >= 4 is 11.5 Å². The Morgan fingerprint density at radius 2 is 2.25 bits per heavy atom. The van der Waals surface area contributed by atoms with Crippen molar-refractivity contribution in [3.63, 3.8) is 0 Å². The van der Waals surface area contributed by atoms with Gasteiger partial charge in [-0.2, -0.15) is 5.10 Å². The van der Waals surface area contributed by atoms with Crippen LogP contribution in [0.15, 0.2) is 0 Å². The quantitative estimate of drug-likeness (QED) is 0.625. The van der Waals surface area contributed by atoms with Crippen LogP contribution in [0.3, 0.4) is 0 Å². The fraction of sp³-hybridized carbons (Fsp3) is 0.700. The molecule has 1 aliphatic rings. The van der Waals surface area contributed by atoms with Crippen LogP contribution >= 0.6 is 0 Å². The van der Waals surface area contributed by atoms with Crippen LogP contribution in [0.25, 0.3) is 0 Å². The Bertz CT molecular complexity index is 434. The van der Waals surface area contributed by atoms with Crippen molar-refractivity contribution in [2.24, 2.45) is 12.5 Å². The summed E-state index contributed by atoms with van der Waals surface area (Å²) in [7, 11) is 1.72. The standard InChI is InChI=1S/C10H16N4O2/c1-7-8(14(15)16)9(13(3)12-7)11-6-10(2)4-5-10/h11H,4-6H2,1-3H3. The van der Waals surface area contributed by atoms with E-state index < -0.39 is 0 Å². The van der Waals surface area contributed by atoms with Crippen LogP contribution in [-0.2, 0) is 7.05 Å². The maximum absolute atomic E-state index is 10.9. The molecule has 6 nitrogen and oxygen atoms in total. The van der Waals surface area contributed by atoms with Gasteiger partial charge in [-0.1, -0.05) is 6.92 Å². The van der Waals surface area contributed by atoms with Crippen molar-refractivity contribution in [2.45, 2.75) is 26.7 Å². The van der Waals surface area contributed by atoms with Gasteiger partial charge in [0.05, 0.1) is 4.92 Å². The Morgan fingerprint density at radius 3 is 2.75 bits per heavy atom. The Kier molecular flexibility index (Phi) is 2.36. The minimum Gasteiger partial charge on any atom is -0.364 e. The lowest BCUT2D eigenvalue weighted by atomic mass is 10.1. The van der Waals surface area contributed by atoms with E-state index in [0.29, 0.717) is 16.9 Å². The fourth-order valence-electron chi connectivity index (χ4n) is 1.75. The van der Waals surface area contributed by atoms with Gasteiger partial charge in [0.2, 0.25) is 5.82 Å². The van der Waals surface area contributed by atoms with E-state index in [4.69, 9.17) is 0 Å². The topological polar surface area (TPSA) is 73.0 Å². The number of nitrogens with zero attached hydrogens (tertiary/aromatic N) is 3. The molecule has 0 bridgehead atoms. The van der Waals surface area contributed by atoms with Crippen LogP contribution in [0.4, 0.5) is 11.5 Å². The molecule has 1 aromatic heterocycles. The maximum atomic E-state index is 10.9. The van der Waals surface area contributed by atoms with Gasteiger partial charge in [-0.15, -0.1) is 0 Å². The van der Waals surface area contributed by atoms with Gasteiger partial charge in [-0.3, -0.25) is 10.1 Å². The van der Waals surface area contributed by atoms with Crippen molar-refractivity contribution in [1.29, 1.82) is 0 Å². The van der Waals surface area contributed by atoms with Gasteiger partial charge in [0.15, 0.2) is 0 Å². The first kappa shape index (κ1) is 10.9. The molecule has 6 heteroatoms. The Balaban J connectivity index is 2.21. The summed E-state index contributed by atoms with van der Waals surface area (Å²) < 4.78 is 1.54. The fourth-order valence-corrected chi connectivity index (χ4v) is 1.75. The van der Waals surface area contributed by atoms with E-state index in [1.54, 1.807) is 18.7 Å². The Hall–Kier alpha value is -1.59. The molecule has 0 atom stereocenters. The highest BCUT2D eigenvalue weighted by atomic mass is 16.6. The van der Waals surface area contributed by atoms with Gasteiger partial charge in [0, 0.05) is 13.6 Å². The van der Waals surface area contributed by atoms with E-state index in [9.17, 15) is 10.1 Å². The normalized spacial score (nSPS) is 17.2. The van der Waals surface area contributed by atoms with E-state index in [2.05, 4.69) is 17.3 Å². The monoisotopic (exact) mass is 224 g/mol. The van der Waals surface area contributed by atoms with Crippen molar-refractivity contribution in [1.82, 2.24) is 9.78 Å². The number of aromatic nitrogens is 2. The first-order chi connectivity index (χ1) is 7.43. The number of hydrogen-bond acceptors (Lipinski definition) is 4. The van der Waals surface area contributed by atoms with Crippen LogP contribution in [0, 0.1) is 22.5 Å². The lowest BCUT2D eigenvalue weighted by Crippen LogP contribution is -2.14. The van der Waals surface area contributed by atoms with E-state index >= 15 is 0 Å². The summed E-state index contributed by atoms with van der Waals surface area (Å²) in [6.45, 7) is 4.60. The largest absolute Gasteiger partial charge is 0.364 e. The summed E-state index contributed by atoms with van der Waals surface area (Å²) in [6.07, 6.45) is 2.37. The van der Waals surface area contributed by atoms with Gasteiger partial charge in [0.1, 0.15) is 5.69 Å². The average Bonchev–Trinajstić information content (AvgIpc) is 2.82. The predicted octanol–water partition coefficient (Wildman–Crippen LogP) is 1.85. The first-order valence-corrected chi connectivity index (χ1v) is 5.35.